The second-order valence-corrected chi connectivity index (χ2v) is 7.85. The zero-order valence-electron chi connectivity index (χ0n) is 18.8. The minimum Gasteiger partial charge on any atom is -0.481 e. The van der Waals surface area contributed by atoms with Gasteiger partial charge >= 0.3 is 5.97 Å². The van der Waals surface area contributed by atoms with Gasteiger partial charge in [0.2, 0.25) is 0 Å². The number of benzene rings is 2. The zero-order valence-corrected chi connectivity index (χ0v) is 18.8. The fourth-order valence-electron chi connectivity index (χ4n) is 4.20. The van der Waals surface area contributed by atoms with Crippen LogP contribution in [0.2, 0.25) is 0 Å². The van der Waals surface area contributed by atoms with E-state index in [1.807, 2.05) is 25.1 Å². The molecular weight excluding hydrogens is 400 g/mol. The molecule has 1 amide bonds. The molecule has 0 spiro atoms. The summed E-state index contributed by atoms with van der Waals surface area (Å²) in [6.45, 7) is 6.41. The molecule has 5 nitrogen and oxygen atoms in total. The molecule has 3 aromatic rings. The number of amides is 1. The van der Waals surface area contributed by atoms with Gasteiger partial charge in [0, 0.05) is 29.6 Å². The number of carbonyl (C=O) groups excluding carboxylic acids is 1. The number of carboxylic acids is 1. The Hall–Kier alpha value is -3.60. The van der Waals surface area contributed by atoms with Crippen LogP contribution >= 0.6 is 0 Å². The van der Waals surface area contributed by atoms with E-state index in [1.165, 1.54) is 16.3 Å². The van der Waals surface area contributed by atoms with E-state index in [0.29, 0.717) is 5.56 Å². The summed E-state index contributed by atoms with van der Waals surface area (Å²) in [6.07, 6.45) is 6.24. The fourth-order valence-corrected chi connectivity index (χ4v) is 4.20. The third kappa shape index (κ3) is 5.17. The van der Waals surface area contributed by atoms with Crippen molar-refractivity contribution in [3.05, 3.63) is 93.6 Å². The van der Waals surface area contributed by atoms with Crippen molar-refractivity contribution in [3.63, 3.8) is 0 Å². The molecule has 0 saturated heterocycles. The highest BCUT2D eigenvalue weighted by atomic mass is 16.4. The Bertz CT molecular complexity index is 1180. The number of hydrogen-bond donors (Lipinski definition) is 3. The molecule has 0 radical (unpaired) electrons. The summed E-state index contributed by atoms with van der Waals surface area (Å²) in [7, 11) is 0. The molecule has 5 heteroatoms. The van der Waals surface area contributed by atoms with Gasteiger partial charge in [-0.25, -0.2) is 0 Å². The highest BCUT2D eigenvalue weighted by molar-refractivity contribution is 5.94. The van der Waals surface area contributed by atoms with Crippen molar-refractivity contribution in [1.29, 1.82) is 0 Å². The molecule has 0 fully saturated rings. The SMILES string of the molecule is C/C=c1/c(C(c2ccccc2)C(C)c2ccc(C(=O)NCCC(=O)O)cc2)c[nH]/c1=C/C. The van der Waals surface area contributed by atoms with E-state index < -0.39 is 5.97 Å². The summed E-state index contributed by atoms with van der Waals surface area (Å²) < 4.78 is 0. The van der Waals surface area contributed by atoms with Crippen molar-refractivity contribution < 1.29 is 14.7 Å². The van der Waals surface area contributed by atoms with Crippen LogP contribution in [0.25, 0.3) is 12.2 Å². The van der Waals surface area contributed by atoms with Crippen LogP contribution < -0.4 is 15.9 Å². The van der Waals surface area contributed by atoms with Gasteiger partial charge < -0.3 is 15.4 Å². The monoisotopic (exact) mass is 430 g/mol. The van der Waals surface area contributed by atoms with Crippen molar-refractivity contribution in [2.24, 2.45) is 0 Å². The van der Waals surface area contributed by atoms with Crippen molar-refractivity contribution >= 4 is 24.0 Å². The molecule has 0 aliphatic heterocycles. The summed E-state index contributed by atoms with van der Waals surface area (Å²) in [5.41, 5.74) is 4.14. The predicted octanol–water partition coefficient (Wildman–Crippen LogP) is 3.76. The molecule has 3 rings (SSSR count). The summed E-state index contributed by atoms with van der Waals surface area (Å²) >= 11 is 0. The molecule has 2 unspecified atom stereocenters. The molecule has 3 N–H and O–H groups in total. The number of hydrogen-bond acceptors (Lipinski definition) is 2. The van der Waals surface area contributed by atoms with Gasteiger partial charge in [-0.2, -0.15) is 0 Å². The molecule has 0 aliphatic rings. The number of H-pyrrole nitrogens is 1. The number of carbonyl (C=O) groups is 2. The summed E-state index contributed by atoms with van der Waals surface area (Å²) in [5, 5.41) is 13.7. The van der Waals surface area contributed by atoms with Gasteiger partial charge in [-0.1, -0.05) is 61.5 Å². The second-order valence-electron chi connectivity index (χ2n) is 7.85. The first-order chi connectivity index (χ1) is 15.5. The van der Waals surface area contributed by atoms with E-state index in [-0.39, 0.29) is 30.7 Å². The number of aromatic amines is 1. The van der Waals surface area contributed by atoms with Gasteiger partial charge in [0.25, 0.3) is 5.91 Å². The van der Waals surface area contributed by atoms with E-state index in [1.54, 1.807) is 12.1 Å². The van der Waals surface area contributed by atoms with Gasteiger partial charge in [0.1, 0.15) is 0 Å². The molecule has 0 bridgehead atoms. The van der Waals surface area contributed by atoms with Crippen LogP contribution in [0, 0.1) is 0 Å². The van der Waals surface area contributed by atoms with Gasteiger partial charge in [0.15, 0.2) is 0 Å². The topological polar surface area (TPSA) is 82.2 Å². The smallest absolute Gasteiger partial charge is 0.305 e. The highest BCUT2D eigenvalue weighted by Gasteiger charge is 2.24. The highest BCUT2D eigenvalue weighted by Crippen LogP contribution is 2.36. The summed E-state index contributed by atoms with van der Waals surface area (Å²) in [4.78, 5) is 26.3. The Labute approximate surface area is 188 Å². The molecule has 1 heterocycles. The van der Waals surface area contributed by atoms with Gasteiger partial charge in [0.05, 0.1) is 6.42 Å². The molecule has 2 atom stereocenters. The minimum absolute atomic E-state index is 0.0930. The van der Waals surface area contributed by atoms with Gasteiger partial charge in [-0.15, -0.1) is 0 Å². The molecule has 0 aliphatic carbocycles. The third-order valence-corrected chi connectivity index (χ3v) is 5.88. The van der Waals surface area contributed by atoms with Crippen LogP contribution in [0.4, 0.5) is 0 Å². The molecule has 166 valence electrons. The number of rotatable bonds is 8. The van der Waals surface area contributed by atoms with Crippen molar-refractivity contribution in [2.45, 2.75) is 39.0 Å². The van der Waals surface area contributed by atoms with Gasteiger partial charge in [-0.05, 0) is 53.8 Å². The maximum Gasteiger partial charge on any atom is 0.305 e. The second kappa shape index (κ2) is 10.6. The Morgan fingerprint density at radius 1 is 1.00 bits per heavy atom. The fraction of sp³-hybridized carbons (Fsp3) is 0.259. The first-order valence-electron chi connectivity index (χ1n) is 10.9. The van der Waals surface area contributed by atoms with Crippen LogP contribution in [-0.4, -0.2) is 28.5 Å². The lowest BCUT2D eigenvalue weighted by atomic mass is 9.78. The van der Waals surface area contributed by atoms with Crippen molar-refractivity contribution in [3.8, 4) is 0 Å². The first-order valence-corrected chi connectivity index (χ1v) is 10.9. The predicted molar refractivity (Wildman–Crippen MR) is 128 cm³/mol. The van der Waals surface area contributed by atoms with Crippen LogP contribution in [0.3, 0.4) is 0 Å². The summed E-state index contributed by atoms with van der Waals surface area (Å²) in [5.74, 6) is -0.885. The Morgan fingerprint density at radius 3 is 2.28 bits per heavy atom. The van der Waals surface area contributed by atoms with Crippen molar-refractivity contribution in [1.82, 2.24) is 10.3 Å². The maximum absolute atomic E-state index is 12.3. The summed E-state index contributed by atoms with van der Waals surface area (Å²) in [6, 6.07) is 18.1. The number of aromatic nitrogens is 1. The normalized spacial score (nSPS) is 14.2. The third-order valence-electron chi connectivity index (χ3n) is 5.88. The minimum atomic E-state index is -0.932. The molecule has 32 heavy (non-hydrogen) atoms. The van der Waals surface area contributed by atoms with Crippen LogP contribution in [0.5, 0.6) is 0 Å². The standard InChI is InChI=1S/C27H30N2O3/c1-4-22-23(17-29-24(22)5-2)26(20-9-7-6-8-10-20)18(3)19-11-13-21(14-12-19)27(32)28-16-15-25(30)31/h4-14,17-18,26,29H,15-16H2,1-3H3,(H,28,32)(H,30,31)/b22-4-,24-5+. The lowest BCUT2D eigenvalue weighted by molar-refractivity contribution is -0.136. The number of aliphatic carboxylic acids is 1. The molecular formula is C27H30N2O3. The van der Waals surface area contributed by atoms with E-state index >= 15 is 0 Å². The van der Waals surface area contributed by atoms with E-state index in [4.69, 9.17) is 5.11 Å². The average molecular weight is 431 g/mol. The van der Waals surface area contributed by atoms with Crippen LogP contribution in [0.15, 0.2) is 60.8 Å². The number of carboxylic acid groups (broad SMARTS) is 1. The Balaban J connectivity index is 1.93. The molecule has 1 aromatic heterocycles. The van der Waals surface area contributed by atoms with Crippen LogP contribution in [0.1, 0.15) is 66.1 Å². The molecule has 2 aromatic carbocycles. The van der Waals surface area contributed by atoms with Gasteiger partial charge in [-0.3, -0.25) is 9.59 Å². The Morgan fingerprint density at radius 2 is 1.69 bits per heavy atom. The zero-order chi connectivity index (χ0) is 23.1. The lowest BCUT2D eigenvalue weighted by Crippen LogP contribution is -2.27. The first kappa shape index (κ1) is 23.1. The Kier molecular flexibility index (Phi) is 7.66. The maximum atomic E-state index is 12.3. The van der Waals surface area contributed by atoms with E-state index in [2.05, 4.69) is 66.8 Å². The number of nitrogens with one attached hydrogen (secondary N) is 2. The average Bonchev–Trinajstić information content (AvgIpc) is 3.22. The quantitative estimate of drug-likeness (QED) is 0.509. The van der Waals surface area contributed by atoms with Crippen molar-refractivity contribution in [2.75, 3.05) is 6.54 Å². The van der Waals surface area contributed by atoms with Crippen LogP contribution in [-0.2, 0) is 4.79 Å². The van der Waals surface area contributed by atoms with E-state index in [9.17, 15) is 9.59 Å². The lowest BCUT2D eigenvalue weighted by Gasteiger charge is -2.25. The molecule has 0 saturated carbocycles. The largest absolute Gasteiger partial charge is 0.481 e. The van der Waals surface area contributed by atoms with E-state index in [0.717, 1.165) is 10.9 Å².